The summed E-state index contributed by atoms with van der Waals surface area (Å²) in [5.74, 6) is -0.428. The van der Waals surface area contributed by atoms with Crippen LogP contribution in [0, 0.1) is 0 Å². The third-order valence-electron chi connectivity index (χ3n) is 2.17. The molecule has 1 atom stereocenters. The molecule has 4 N–H and O–H groups in total. The van der Waals surface area contributed by atoms with Crippen LogP contribution < -0.4 is 11.5 Å². The van der Waals surface area contributed by atoms with Crippen LogP contribution in [0.15, 0.2) is 24.3 Å². The summed E-state index contributed by atoms with van der Waals surface area (Å²) >= 11 is 0. The number of carbonyl (C=O) groups is 2. The van der Waals surface area contributed by atoms with Crippen molar-refractivity contribution in [1.29, 1.82) is 0 Å². The number of rotatable bonds is 4. The van der Waals surface area contributed by atoms with Crippen LogP contribution in [-0.2, 0) is 4.79 Å². The Bertz CT molecular complexity index is 371. The number of benzene rings is 1. The van der Waals surface area contributed by atoms with Gasteiger partial charge < -0.3 is 11.5 Å². The summed E-state index contributed by atoms with van der Waals surface area (Å²) < 4.78 is 0. The molecule has 0 saturated carbocycles. The molecule has 1 unspecified atom stereocenters. The van der Waals surface area contributed by atoms with Crippen molar-refractivity contribution in [3.05, 3.63) is 35.4 Å². The van der Waals surface area contributed by atoms with Gasteiger partial charge in [0.2, 0.25) is 5.91 Å². The standard InChI is InChI=1S/C11H14N2O2/c1-7(14)8-2-4-9(5-3-8)10(12)6-11(13)15/h2-5,10H,6,12H2,1H3,(H2,13,15). The van der Waals surface area contributed by atoms with E-state index in [2.05, 4.69) is 0 Å². The Labute approximate surface area is 88.3 Å². The Morgan fingerprint density at radius 3 is 2.20 bits per heavy atom. The molecule has 0 aliphatic heterocycles. The van der Waals surface area contributed by atoms with Crippen LogP contribution >= 0.6 is 0 Å². The summed E-state index contributed by atoms with van der Waals surface area (Å²) in [4.78, 5) is 21.6. The zero-order valence-electron chi connectivity index (χ0n) is 8.57. The zero-order chi connectivity index (χ0) is 11.4. The van der Waals surface area contributed by atoms with E-state index in [0.29, 0.717) is 5.56 Å². The van der Waals surface area contributed by atoms with Gasteiger partial charge in [-0.2, -0.15) is 0 Å². The van der Waals surface area contributed by atoms with Gasteiger partial charge >= 0.3 is 0 Å². The van der Waals surface area contributed by atoms with Crippen LogP contribution in [0.5, 0.6) is 0 Å². The molecule has 15 heavy (non-hydrogen) atoms. The fourth-order valence-electron chi connectivity index (χ4n) is 1.30. The maximum absolute atomic E-state index is 11.0. The van der Waals surface area contributed by atoms with Gasteiger partial charge in [-0.15, -0.1) is 0 Å². The summed E-state index contributed by atoms with van der Waals surface area (Å²) in [5.41, 5.74) is 12.2. The van der Waals surface area contributed by atoms with Crippen molar-refractivity contribution < 1.29 is 9.59 Å². The number of hydrogen-bond donors (Lipinski definition) is 2. The van der Waals surface area contributed by atoms with Gasteiger partial charge in [0.05, 0.1) is 0 Å². The van der Waals surface area contributed by atoms with Crippen molar-refractivity contribution in [3.63, 3.8) is 0 Å². The molecule has 0 aliphatic carbocycles. The number of hydrogen-bond acceptors (Lipinski definition) is 3. The minimum Gasteiger partial charge on any atom is -0.370 e. The Morgan fingerprint density at radius 2 is 1.80 bits per heavy atom. The van der Waals surface area contributed by atoms with E-state index in [9.17, 15) is 9.59 Å². The van der Waals surface area contributed by atoms with Gasteiger partial charge in [-0.3, -0.25) is 9.59 Å². The van der Waals surface area contributed by atoms with E-state index < -0.39 is 11.9 Å². The average molecular weight is 206 g/mol. The molecule has 0 heterocycles. The molecule has 0 aromatic heterocycles. The minimum absolute atomic E-state index is 0.00465. The molecule has 0 spiro atoms. The second-order valence-corrected chi connectivity index (χ2v) is 3.46. The maximum atomic E-state index is 11.0. The van der Waals surface area contributed by atoms with Crippen LogP contribution in [0.4, 0.5) is 0 Å². The highest BCUT2D eigenvalue weighted by Crippen LogP contribution is 2.14. The quantitative estimate of drug-likeness (QED) is 0.713. The molecule has 0 fully saturated rings. The molecule has 0 bridgehead atoms. The van der Waals surface area contributed by atoms with Crippen molar-refractivity contribution in [2.75, 3.05) is 0 Å². The van der Waals surface area contributed by atoms with Gasteiger partial charge in [0.15, 0.2) is 5.78 Å². The molecule has 1 aromatic carbocycles. The van der Waals surface area contributed by atoms with Crippen molar-refractivity contribution in [2.45, 2.75) is 19.4 Å². The van der Waals surface area contributed by atoms with Crippen molar-refractivity contribution >= 4 is 11.7 Å². The van der Waals surface area contributed by atoms with E-state index in [-0.39, 0.29) is 12.2 Å². The number of nitrogens with two attached hydrogens (primary N) is 2. The Kier molecular flexibility index (Phi) is 3.57. The maximum Gasteiger partial charge on any atom is 0.219 e. The summed E-state index contributed by atoms with van der Waals surface area (Å²) in [6.45, 7) is 1.50. The number of Topliss-reactive ketones (excluding diaryl/α,β-unsaturated/α-hetero) is 1. The second kappa shape index (κ2) is 4.70. The van der Waals surface area contributed by atoms with E-state index in [1.165, 1.54) is 6.92 Å². The Hall–Kier alpha value is -1.68. The molecule has 4 nitrogen and oxygen atoms in total. The largest absolute Gasteiger partial charge is 0.370 e. The highest BCUT2D eigenvalue weighted by Gasteiger charge is 2.09. The predicted molar refractivity (Wildman–Crippen MR) is 57.2 cm³/mol. The number of primary amides is 1. The highest BCUT2D eigenvalue weighted by atomic mass is 16.1. The molecule has 0 aliphatic rings. The van der Waals surface area contributed by atoms with E-state index in [1.54, 1.807) is 24.3 Å². The van der Waals surface area contributed by atoms with Crippen LogP contribution in [0.1, 0.15) is 35.3 Å². The molecular weight excluding hydrogens is 192 g/mol. The van der Waals surface area contributed by atoms with Gasteiger partial charge in [0.25, 0.3) is 0 Å². The van der Waals surface area contributed by atoms with Crippen LogP contribution in [0.25, 0.3) is 0 Å². The lowest BCUT2D eigenvalue weighted by molar-refractivity contribution is -0.118. The van der Waals surface area contributed by atoms with Gasteiger partial charge in [0, 0.05) is 18.0 Å². The normalized spacial score (nSPS) is 12.1. The lowest BCUT2D eigenvalue weighted by Gasteiger charge is -2.09. The van der Waals surface area contributed by atoms with E-state index in [4.69, 9.17) is 11.5 Å². The molecule has 1 rings (SSSR count). The first kappa shape index (κ1) is 11.4. The highest BCUT2D eigenvalue weighted by molar-refractivity contribution is 5.94. The van der Waals surface area contributed by atoms with Gasteiger partial charge in [-0.25, -0.2) is 0 Å². The Morgan fingerprint density at radius 1 is 1.27 bits per heavy atom. The molecule has 4 heteroatoms. The van der Waals surface area contributed by atoms with Gasteiger partial charge in [-0.05, 0) is 12.5 Å². The third kappa shape index (κ3) is 3.18. The number of carbonyl (C=O) groups excluding carboxylic acids is 2. The van der Waals surface area contributed by atoms with Crippen molar-refractivity contribution in [3.8, 4) is 0 Å². The molecule has 0 radical (unpaired) electrons. The van der Waals surface area contributed by atoms with Crippen molar-refractivity contribution in [1.82, 2.24) is 0 Å². The second-order valence-electron chi connectivity index (χ2n) is 3.46. The summed E-state index contributed by atoms with van der Waals surface area (Å²) in [7, 11) is 0. The molecule has 1 amide bonds. The molecule has 80 valence electrons. The number of amides is 1. The third-order valence-corrected chi connectivity index (χ3v) is 2.17. The van der Waals surface area contributed by atoms with Crippen LogP contribution in [0.3, 0.4) is 0 Å². The molecular formula is C11H14N2O2. The minimum atomic E-state index is -0.432. The summed E-state index contributed by atoms with van der Waals surface area (Å²) in [6.07, 6.45) is 0.111. The summed E-state index contributed by atoms with van der Waals surface area (Å²) in [6, 6.07) is 6.47. The van der Waals surface area contributed by atoms with E-state index >= 15 is 0 Å². The first-order valence-electron chi connectivity index (χ1n) is 4.65. The lowest BCUT2D eigenvalue weighted by atomic mass is 10.0. The monoisotopic (exact) mass is 206 g/mol. The Balaban J connectivity index is 2.79. The smallest absolute Gasteiger partial charge is 0.219 e. The first-order valence-corrected chi connectivity index (χ1v) is 4.65. The van der Waals surface area contributed by atoms with Crippen LogP contribution in [-0.4, -0.2) is 11.7 Å². The van der Waals surface area contributed by atoms with Gasteiger partial charge in [-0.1, -0.05) is 24.3 Å². The van der Waals surface area contributed by atoms with E-state index in [1.807, 2.05) is 0 Å². The predicted octanol–water partition coefficient (Wildman–Crippen LogP) is 0.764. The zero-order valence-corrected chi connectivity index (χ0v) is 8.57. The average Bonchev–Trinajstić information content (AvgIpc) is 2.17. The van der Waals surface area contributed by atoms with Gasteiger partial charge in [0.1, 0.15) is 0 Å². The lowest BCUT2D eigenvalue weighted by Crippen LogP contribution is -2.20. The molecule has 0 saturated heterocycles. The fourth-order valence-corrected chi connectivity index (χ4v) is 1.30. The van der Waals surface area contributed by atoms with Crippen LogP contribution in [0.2, 0.25) is 0 Å². The molecule has 1 aromatic rings. The fraction of sp³-hybridized carbons (Fsp3) is 0.273. The van der Waals surface area contributed by atoms with Crippen molar-refractivity contribution in [2.24, 2.45) is 11.5 Å². The topological polar surface area (TPSA) is 86.2 Å². The van der Waals surface area contributed by atoms with E-state index in [0.717, 1.165) is 5.56 Å². The SMILES string of the molecule is CC(=O)c1ccc(C(N)CC(N)=O)cc1. The number of ketones is 1. The summed E-state index contributed by atoms with van der Waals surface area (Å²) in [5, 5.41) is 0. The first-order chi connectivity index (χ1) is 7.00.